The molecule has 0 amide bonds. The molecule has 0 saturated carbocycles. The van der Waals surface area contributed by atoms with Crippen molar-refractivity contribution in [2.75, 3.05) is 0 Å². The predicted molar refractivity (Wildman–Crippen MR) is 124 cm³/mol. The molecule has 0 aliphatic rings. The van der Waals surface area contributed by atoms with Crippen LogP contribution in [0.2, 0.25) is 5.02 Å². The Bertz CT molecular complexity index is 1140. The van der Waals surface area contributed by atoms with E-state index >= 15 is 0 Å². The van der Waals surface area contributed by atoms with E-state index in [4.69, 9.17) is 16.7 Å². The van der Waals surface area contributed by atoms with E-state index in [0.29, 0.717) is 0 Å². The van der Waals surface area contributed by atoms with Crippen LogP contribution in [-0.4, -0.2) is 9.78 Å². The summed E-state index contributed by atoms with van der Waals surface area (Å²) in [4.78, 5) is 2.22. The summed E-state index contributed by atoms with van der Waals surface area (Å²) in [6.07, 6.45) is 2.09. The minimum atomic E-state index is 0.736. The average Bonchev–Trinajstić information content (AvgIpc) is 3.14. The molecular formula is C25H21ClN2S. The molecule has 4 aromatic rings. The molecule has 4 rings (SSSR count). The van der Waals surface area contributed by atoms with Gasteiger partial charge in [-0.1, -0.05) is 77.5 Å². The predicted octanol–water partition coefficient (Wildman–Crippen LogP) is 7.69. The molecule has 0 radical (unpaired) electrons. The van der Waals surface area contributed by atoms with Crippen molar-refractivity contribution in [2.45, 2.75) is 23.6 Å². The third-order valence-corrected chi connectivity index (χ3v) is 5.95. The highest BCUT2D eigenvalue weighted by Gasteiger charge is 2.14. The molecule has 144 valence electrons. The minimum absolute atomic E-state index is 0.736. The standard InChI is InChI=1S/C25H21ClN2S/c1-17(2)19-6-8-20(9-7-19)25-24(29-23-14-10-21(26)11-15-23)16-28(27-25)22-12-4-18(3)5-13-22/h4-16H,1H2,2-3H3. The van der Waals surface area contributed by atoms with Gasteiger partial charge in [-0.3, -0.25) is 0 Å². The van der Waals surface area contributed by atoms with Crippen molar-refractivity contribution in [1.29, 1.82) is 0 Å². The second kappa shape index (κ2) is 8.32. The van der Waals surface area contributed by atoms with E-state index in [1.54, 1.807) is 11.8 Å². The van der Waals surface area contributed by atoms with Crippen LogP contribution in [0.3, 0.4) is 0 Å². The van der Waals surface area contributed by atoms with E-state index in [-0.39, 0.29) is 0 Å². The maximum atomic E-state index is 6.05. The van der Waals surface area contributed by atoms with Gasteiger partial charge >= 0.3 is 0 Å². The molecule has 2 nitrogen and oxygen atoms in total. The van der Waals surface area contributed by atoms with Crippen LogP contribution in [0.1, 0.15) is 18.1 Å². The van der Waals surface area contributed by atoms with Crippen molar-refractivity contribution in [3.8, 4) is 16.9 Å². The van der Waals surface area contributed by atoms with Gasteiger partial charge in [0.1, 0.15) is 5.69 Å². The Morgan fingerprint density at radius 3 is 2.21 bits per heavy atom. The number of rotatable bonds is 5. The smallest absolute Gasteiger partial charge is 0.107 e. The largest absolute Gasteiger partial charge is 0.239 e. The third kappa shape index (κ3) is 4.47. The van der Waals surface area contributed by atoms with Gasteiger partial charge in [0.05, 0.1) is 10.6 Å². The number of allylic oxidation sites excluding steroid dienone is 1. The summed E-state index contributed by atoms with van der Waals surface area (Å²) < 4.78 is 1.94. The SMILES string of the molecule is C=C(C)c1ccc(-c2nn(-c3ccc(C)cc3)cc2Sc2ccc(Cl)cc2)cc1. The van der Waals surface area contributed by atoms with Crippen LogP contribution in [-0.2, 0) is 0 Å². The highest BCUT2D eigenvalue weighted by Crippen LogP contribution is 2.36. The minimum Gasteiger partial charge on any atom is -0.239 e. The monoisotopic (exact) mass is 416 g/mol. The topological polar surface area (TPSA) is 17.8 Å². The Balaban J connectivity index is 1.77. The first-order valence-corrected chi connectivity index (χ1v) is 10.6. The Morgan fingerprint density at radius 1 is 0.931 bits per heavy atom. The van der Waals surface area contributed by atoms with Gasteiger partial charge in [-0.15, -0.1) is 0 Å². The summed E-state index contributed by atoms with van der Waals surface area (Å²) >= 11 is 7.73. The highest BCUT2D eigenvalue weighted by atomic mass is 35.5. The number of benzene rings is 3. The van der Waals surface area contributed by atoms with Crippen LogP contribution in [0.15, 0.2) is 95.4 Å². The van der Waals surface area contributed by atoms with Crippen LogP contribution in [0.4, 0.5) is 0 Å². The summed E-state index contributed by atoms with van der Waals surface area (Å²) in [6.45, 7) is 8.13. The van der Waals surface area contributed by atoms with Gasteiger partial charge in [-0.25, -0.2) is 4.68 Å². The van der Waals surface area contributed by atoms with Crippen molar-refractivity contribution >= 4 is 28.9 Å². The molecule has 0 aliphatic heterocycles. The molecule has 1 heterocycles. The van der Waals surface area contributed by atoms with Gasteiger partial charge in [0.25, 0.3) is 0 Å². The molecule has 0 saturated heterocycles. The fourth-order valence-corrected chi connectivity index (χ4v) is 4.06. The molecule has 0 spiro atoms. The third-order valence-electron chi connectivity index (χ3n) is 4.67. The van der Waals surface area contributed by atoms with Gasteiger partial charge in [0.15, 0.2) is 0 Å². The van der Waals surface area contributed by atoms with Gasteiger partial charge < -0.3 is 0 Å². The Hall–Kier alpha value is -2.75. The van der Waals surface area contributed by atoms with E-state index in [9.17, 15) is 0 Å². The van der Waals surface area contributed by atoms with Crippen molar-refractivity contribution in [2.24, 2.45) is 0 Å². The lowest BCUT2D eigenvalue weighted by Gasteiger charge is -2.05. The maximum Gasteiger partial charge on any atom is 0.107 e. The van der Waals surface area contributed by atoms with E-state index in [1.807, 2.05) is 35.9 Å². The zero-order chi connectivity index (χ0) is 20.4. The summed E-state index contributed by atoms with van der Waals surface area (Å²) in [6, 6.07) is 24.7. The average molecular weight is 417 g/mol. The van der Waals surface area contributed by atoms with Crippen molar-refractivity contribution in [3.63, 3.8) is 0 Å². The Morgan fingerprint density at radius 2 is 1.59 bits per heavy atom. The van der Waals surface area contributed by atoms with Gasteiger partial charge in [-0.2, -0.15) is 5.10 Å². The second-order valence-corrected chi connectivity index (χ2v) is 8.59. The van der Waals surface area contributed by atoms with E-state index in [2.05, 4.69) is 68.2 Å². The number of nitrogens with zero attached hydrogens (tertiary/aromatic N) is 2. The number of hydrogen-bond donors (Lipinski definition) is 0. The summed E-state index contributed by atoms with van der Waals surface area (Å²) in [5.41, 5.74) is 6.50. The number of aryl methyl sites for hydroxylation is 1. The molecule has 0 bridgehead atoms. The molecule has 0 aliphatic carbocycles. The second-order valence-electron chi connectivity index (χ2n) is 7.04. The zero-order valence-electron chi connectivity index (χ0n) is 16.4. The number of hydrogen-bond acceptors (Lipinski definition) is 2. The van der Waals surface area contributed by atoms with Crippen LogP contribution in [0.5, 0.6) is 0 Å². The molecule has 0 unspecified atom stereocenters. The molecule has 0 atom stereocenters. The lowest BCUT2D eigenvalue weighted by Crippen LogP contribution is -1.94. The molecule has 29 heavy (non-hydrogen) atoms. The first-order valence-electron chi connectivity index (χ1n) is 9.36. The fraction of sp³-hybridized carbons (Fsp3) is 0.0800. The van der Waals surface area contributed by atoms with Crippen LogP contribution >= 0.6 is 23.4 Å². The Kier molecular flexibility index (Phi) is 5.61. The highest BCUT2D eigenvalue weighted by molar-refractivity contribution is 7.99. The van der Waals surface area contributed by atoms with Crippen LogP contribution < -0.4 is 0 Å². The quantitative estimate of drug-likeness (QED) is 0.332. The van der Waals surface area contributed by atoms with Crippen molar-refractivity contribution in [3.05, 3.63) is 102 Å². The normalized spacial score (nSPS) is 10.9. The number of aromatic nitrogens is 2. The fourth-order valence-electron chi connectivity index (χ4n) is 3.00. The van der Waals surface area contributed by atoms with E-state index in [0.717, 1.165) is 42.9 Å². The van der Waals surface area contributed by atoms with Crippen LogP contribution in [0, 0.1) is 6.92 Å². The summed E-state index contributed by atoms with van der Waals surface area (Å²) in [5.74, 6) is 0. The molecule has 0 N–H and O–H groups in total. The lowest BCUT2D eigenvalue weighted by atomic mass is 10.1. The van der Waals surface area contributed by atoms with Gasteiger partial charge in [0, 0.05) is 21.7 Å². The molecule has 0 fully saturated rings. The first kappa shape index (κ1) is 19.6. The van der Waals surface area contributed by atoms with Crippen molar-refractivity contribution in [1.82, 2.24) is 9.78 Å². The number of halogens is 1. The Labute approximate surface area is 180 Å². The lowest BCUT2D eigenvalue weighted by molar-refractivity contribution is 0.882. The first-order chi connectivity index (χ1) is 14.0. The van der Waals surface area contributed by atoms with Gasteiger partial charge in [0.2, 0.25) is 0 Å². The summed E-state index contributed by atoms with van der Waals surface area (Å²) in [5, 5.41) is 5.65. The van der Waals surface area contributed by atoms with Crippen molar-refractivity contribution < 1.29 is 0 Å². The van der Waals surface area contributed by atoms with E-state index in [1.165, 1.54) is 5.56 Å². The van der Waals surface area contributed by atoms with Gasteiger partial charge in [-0.05, 0) is 55.8 Å². The maximum absolute atomic E-state index is 6.05. The molecular weight excluding hydrogens is 396 g/mol. The van der Waals surface area contributed by atoms with Crippen LogP contribution in [0.25, 0.3) is 22.5 Å². The van der Waals surface area contributed by atoms with E-state index < -0.39 is 0 Å². The zero-order valence-corrected chi connectivity index (χ0v) is 18.0. The summed E-state index contributed by atoms with van der Waals surface area (Å²) in [7, 11) is 0. The molecule has 1 aromatic heterocycles. The molecule has 4 heteroatoms. The molecule has 3 aromatic carbocycles.